The summed E-state index contributed by atoms with van der Waals surface area (Å²) < 4.78 is 95.4. The highest BCUT2D eigenvalue weighted by Crippen LogP contribution is 2.34. The van der Waals surface area contributed by atoms with Gasteiger partial charge in [0.25, 0.3) is 5.91 Å². The molecule has 200 valence electrons. The van der Waals surface area contributed by atoms with Gasteiger partial charge in [0, 0.05) is 6.20 Å². The number of carbonyl (C=O) groups excluding carboxylic acids is 1. The molecule has 0 aliphatic carbocycles. The smallest absolute Gasteiger partial charge is 0.422 e. The van der Waals surface area contributed by atoms with Crippen LogP contribution in [-0.4, -0.2) is 38.6 Å². The molecule has 0 aliphatic heterocycles. The number of anilines is 3. The number of aromatic amines is 1. The van der Waals surface area contributed by atoms with E-state index in [0.29, 0.717) is 12.1 Å². The highest BCUT2D eigenvalue weighted by molar-refractivity contribution is 6.39. The summed E-state index contributed by atoms with van der Waals surface area (Å²) in [7, 11) is 0. The van der Waals surface area contributed by atoms with E-state index in [2.05, 4.69) is 35.3 Å². The number of fused-ring (bicyclic) bond motifs is 1. The van der Waals surface area contributed by atoms with Crippen LogP contribution >= 0.6 is 23.2 Å². The zero-order chi connectivity index (χ0) is 27.8. The van der Waals surface area contributed by atoms with Gasteiger partial charge in [-0.15, -0.1) is 0 Å². The van der Waals surface area contributed by atoms with Gasteiger partial charge in [-0.3, -0.25) is 4.79 Å². The van der Waals surface area contributed by atoms with Crippen molar-refractivity contribution in [2.75, 3.05) is 17.2 Å². The topological polar surface area (TPSA) is 105 Å². The fourth-order valence-corrected chi connectivity index (χ4v) is 3.60. The molecule has 1 aromatic carbocycles. The molecule has 3 aromatic heterocycles. The first-order chi connectivity index (χ1) is 17.7. The number of rotatable bonds is 6. The van der Waals surface area contributed by atoms with Crippen molar-refractivity contribution < 1.29 is 40.3 Å². The number of nitrogens with zero attached hydrogens (tertiary/aromatic N) is 3. The number of ether oxygens (including phenoxy) is 1. The monoisotopic (exact) mass is 582 g/mol. The summed E-state index contributed by atoms with van der Waals surface area (Å²) >= 11 is 12.0. The highest BCUT2D eigenvalue weighted by Gasteiger charge is 2.32. The molecule has 4 aromatic rings. The van der Waals surface area contributed by atoms with Crippen LogP contribution in [0.3, 0.4) is 0 Å². The predicted molar refractivity (Wildman–Crippen MR) is 122 cm³/mol. The van der Waals surface area contributed by atoms with E-state index in [1.807, 2.05) is 0 Å². The quantitative estimate of drug-likeness (QED) is 0.217. The first-order valence-corrected chi connectivity index (χ1v) is 10.8. The Morgan fingerprint density at radius 2 is 1.71 bits per heavy atom. The number of imidazole rings is 1. The summed E-state index contributed by atoms with van der Waals surface area (Å²) in [4.78, 5) is 27.0. The van der Waals surface area contributed by atoms with Gasteiger partial charge in [0.05, 0.1) is 21.3 Å². The number of H-pyrrole nitrogens is 1. The van der Waals surface area contributed by atoms with E-state index < -0.39 is 53.5 Å². The summed E-state index contributed by atoms with van der Waals surface area (Å²) in [6.07, 6.45) is -8.75. The fraction of sp³-hybridized carbons (Fsp3) is 0.143. The Kier molecular flexibility index (Phi) is 7.25. The Balaban J connectivity index is 1.70. The van der Waals surface area contributed by atoms with Crippen molar-refractivity contribution in [1.29, 1.82) is 0 Å². The molecule has 3 N–H and O–H groups in total. The zero-order valence-electron chi connectivity index (χ0n) is 18.2. The number of pyridine rings is 2. The molecule has 0 atom stereocenters. The molecule has 0 bridgehead atoms. The van der Waals surface area contributed by atoms with Crippen molar-refractivity contribution in [1.82, 2.24) is 19.9 Å². The molecule has 38 heavy (non-hydrogen) atoms. The molecule has 1 amide bonds. The Morgan fingerprint density at radius 3 is 2.34 bits per heavy atom. The van der Waals surface area contributed by atoms with E-state index in [-0.39, 0.29) is 32.8 Å². The van der Waals surface area contributed by atoms with Crippen LogP contribution in [0.2, 0.25) is 10.0 Å². The lowest BCUT2D eigenvalue weighted by Gasteiger charge is -2.13. The second-order valence-corrected chi connectivity index (χ2v) is 8.26. The number of halogens is 9. The average Bonchev–Trinajstić information content (AvgIpc) is 3.20. The molecule has 8 nitrogen and oxygen atoms in total. The third kappa shape index (κ3) is 6.34. The van der Waals surface area contributed by atoms with Crippen molar-refractivity contribution in [2.24, 2.45) is 0 Å². The zero-order valence-corrected chi connectivity index (χ0v) is 19.7. The molecule has 0 saturated heterocycles. The van der Waals surface area contributed by atoms with Crippen LogP contribution in [0.4, 0.5) is 48.2 Å². The minimum absolute atomic E-state index is 0.0379. The Hall–Kier alpha value is -3.85. The molecule has 0 fully saturated rings. The van der Waals surface area contributed by atoms with Gasteiger partial charge in [-0.05, 0) is 30.3 Å². The number of amides is 1. The average molecular weight is 583 g/mol. The summed E-state index contributed by atoms with van der Waals surface area (Å²) in [5.41, 5.74) is -1.88. The van der Waals surface area contributed by atoms with Crippen molar-refractivity contribution in [3.63, 3.8) is 0 Å². The summed E-state index contributed by atoms with van der Waals surface area (Å²) in [6.45, 7) is -1.83. The standard InChI is InChI=1S/C21H11Cl2F7N6O2/c22-11-4-9(24)5-12(23)15(11)34-19-32-13-6-10(18(35-16(13)36-19)38-7-20(25,26)27)17(37)33-14-3-8(1-2-31-14)21(28,29)30/h1-6H,7H2,(H,31,33,37)(H2,32,34,35,36). The van der Waals surface area contributed by atoms with Gasteiger partial charge in [-0.2, -0.15) is 31.3 Å². The minimum atomic E-state index is -4.80. The third-order valence-corrected chi connectivity index (χ3v) is 5.23. The predicted octanol–water partition coefficient (Wildman–Crippen LogP) is 6.75. The lowest BCUT2D eigenvalue weighted by molar-refractivity contribution is -0.154. The normalized spacial score (nSPS) is 12.0. The maximum atomic E-state index is 13.5. The largest absolute Gasteiger partial charge is 0.467 e. The van der Waals surface area contributed by atoms with Gasteiger partial charge < -0.3 is 20.4 Å². The van der Waals surface area contributed by atoms with Crippen molar-refractivity contribution in [3.05, 3.63) is 63.5 Å². The molecule has 0 unspecified atom stereocenters. The SMILES string of the molecule is O=C(Nc1cc(C(F)(F)F)ccn1)c1cc2nc(Nc3c(Cl)cc(F)cc3Cl)[nH]c2nc1OCC(F)(F)F. The number of aromatic nitrogens is 4. The molecular weight excluding hydrogens is 572 g/mol. The summed E-state index contributed by atoms with van der Waals surface area (Å²) in [5.74, 6) is -3.31. The maximum Gasteiger partial charge on any atom is 0.422 e. The number of carbonyl (C=O) groups is 1. The molecule has 17 heteroatoms. The minimum Gasteiger partial charge on any atom is -0.467 e. The Labute approximate surface area is 217 Å². The molecule has 0 spiro atoms. The van der Waals surface area contributed by atoms with Crippen LogP contribution < -0.4 is 15.4 Å². The van der Waals surface area contributed by atoms with E-state index in [4.69, 9.17) is 23.2 Å². The third-order valence-electron chi connectivity index (χ3n) is 4.63. The molecule has 3 heterocycles. The number of hydrogen-bond donors (Lipinski definition) is 3. The molecular formula is C21H11Cl2F7N6O2. The van der Waals surface area contributed by atoms with Crippen molar-refractivity contribution in [3.8, 4) is 5.88 Å². The van der Waals surface area contributed by atoms with Gasteiger partial charge in [-0.1, -0.05) is 23.2 Å². The van der Waals surface area contributed by atoms with Crippen LogP contribution in [0, 0.1) is 5.82 Å². The van der Waals surface area contributed by atoms with Gasteiger partial charge in [-0.25, -0.2) is 14.4 Å². The summed E-state index contributed by atoms with van der Waals surface area (Å²) in [6, 6.07) is 4.12. The van der Waals surface area contributed by atoms with Crippen LogP contribution in [0.5, 0.6) is 5.88 Å². The van der Waals surface area contributed by atoms with Crippen LogP contribution in [0.1, 0.15) is 15.9 Å². The van der Waals surface area contributed by atoms with E-state index in [0.717, 1.165) is 24.4 Å². The Bertz CT molecular complexity index is 1500. The Morgan fingerprint density at radius 1 is 1.03 bits per heavy atom. The first-order valence-electron chi connectivity index (χ1n) is 10.1. The number of hydrogen-bond acceptors (Lipinski definition) is 6. The lowest BCUT2D eigenvalue weighted by atomic mass is 10.2. The van der Waals surface area contributed by atoms with E-state index in [1.165, 1.54) is 0 Å². The van der Waals surface area contributed by atoms with Gasteiger partial charge in [0.1, 0.15) is 22.7 Å². The highest BCUT2D eigenvalue weighted by atomic mass is 35.5. The maximum absolute atomic E-state index is 13.5. The molecule has 0 aliphatic rings. The van der Waals surface area contributed by atoms with E-state index >= 15 is 0 Å². The van der Waals surface area contributed by atoms with Crippen molar-refractivity contribution in [2.45, 2.75) is 12.4 Å². The lowest BCUT2D eigenvalue weighted by Crippen LogP contribution is -2.22. The number of alkyl halides is 6. The van der Waals surface area contributed by atoms with Gasteiger partial charge in [0.15, 0.2) is 12.3 Å². The number of nitrogens with one attached hydrogen (secondary N) is 3. The second kappa shape index (κ2) is 10.1. The first kappa shape index (κ1) is 27.2. The van der Waals surface area contributed by atoms with Crippen LogP contribution in [0.15, 0.2) is 36.5 Å². The molecule has 0 saturated carbocycles. The van der Waals surface area contributed by atoms with Crippen LogP contribution in [-0.2, 0) is 6.18 Å². The molecule has 4 rings (SSSR count). The van der Waals surface area contributed by atoms with Gasteiger partial charge >= 0.3 is 12.4 Å². The van der Waals surface area contributed by atoms with Crippen LogP contribution in [0.25, 0.3) is 11.2 Å². The number of benzene rings is 1. The summed E-state index contributed by atoms with van der Waals surface area (Å²) in [5, 5.41) is 4.49. The second-order valence-electron chi connectivity index (χ2n) is 7.45. The van der Waals surface area contributed by atoms with Gasteiger partial charge in [0.2, 0.25) is 11.8 Å². The van der Waals surface area contributed by atoms with Crippen molar-refractivity contribution >= 4 is 57.7 Å². The fourth-order valence-electron chi connectivity index (χ4n) is 3.04. The molecule has 0 radical (unpaired) electrons. The van der Waals surface area contributed by atoms with E-state index in [1.54, 1.807) is 0 Å². The van der Waals surface area contributed by atoms with E-state index in [9.17, 15) is 35.5 Å².